The summed E-state index contributed by atoms with van der Waals surface area (Å²) in [5.74, 6) is 3.59. The minimum absolute atomic E-state index is 0.140. The van der Waals surface area contributed by atoms with Gasteiger partial charge in [-0.15, -0.1) is 23.5 Å². The van der Waals surface area contributed by atoms with Crippen LogP contribution in [0.4, 0.5) is 0 Å². The normalized spacial score (nSPS) is 36.0. The Morgan fingerprint density at radius 2 is 1.22 bits per heavy atom. The van der Waals surface area contributed by atoms with E-state index in [2.05, 4.69) is 24.3 Å². The third-order valence-corrected chi connectivity index (χ3v) is 10.4. The van der Waals surface area contributed by atoms with Crippen molar-refractivity contribution in [2.75, 3.05) is 23.0 Å². The average Bonchev–Trinajstić information content (AvgIpc) is 2.98. The van der Waals surface area contributed by atoms with Crippen LogP contribution in [-0.2, 0) is 21.6 Å². The van der Waals surface area contributed by atoms with Gasteiger partial charge in [-0.2, -0.15) is 0 Å². The van der Waals surface area contributed by atoms with Crippen LogP contribution >= 0.6 is 23.5 Å². The SMILES string of the molecule is O=S1CCSC1c1ccc(C2SCCS2=O)cc1. The summed E-state index contributed by atoms with van der Waals surface area (Å²) in [6.45, 7) is 0. The predicted molar refractivity (Wildman–Crippen MR) is 82.9 cm³/mol. The van der Waals surface area contributed by atoms with Crippen LogP contribution in [-0.4, -0.2) is 31.4 Å². The van der Waals surface area contributed by atoms with Crippen molar-refractivity contribution in [3.8, 4) is 0 Å². The maximum atomic E-state index is 11.8. The lowest BCUT2D eigenvalue weighted by Crippen LogP contribution is -2.01. The zero-order valence-electron chi connectivity index (χ0n) is 9.74. The number of hydrogen-bond acceptors (Lipinski definition) is 4. The molecule has 2 aliphatic rings. The van der Waals surface area contributed by atoms with Gasteiger partial charge in [-0.1, -0.05) is 24.3 Å². The number of benzene rings is 1. The van der Waals surface area contributed by atoms with Crippen LogP contribution in [0.3, 0.4) is 0 Å². The van der Waals surface area contributed by atoms with E-state index in [-0.39, 0.29) is 9.16 Å². The van der Waals surface area contributed by atoms with E-state index in [1.165, 1.54) is 0 Å². The lowest BCUT2D eigenvalue weighted by molar-refractivity contribution is 0.683. The molecule has 0 spiro atoms. The van der Waals surface area contributed by atoms with E-state index < -0.39 is 21.6 Å². The van der Waals surface area contributed by atoms with Gasteiger partial charge in [0.1, 0.15) is 9.16 Å². The van der Waals surface area contributed by atoms with Gasteiger partial charge in [0, 0.05) is 44.6 Å². The van der Waals surface area contributed by atoms with Crippen molar-refractivity contribution in [2.24, 2.45) is 0 Å². The van der Waals surface area contributed by atoms with Gasteiger partial charge in [0.25, 0.3) is 0 Å². The second-order valence-corrected chi connectivity index (χ2v) is 10.5. The smallest absolute Gasteiger partial charge is 0.105 e. The Bertz CT molecular complexity index is 440. The molecule has 2 fully saturated rings. The van der Waals surface area contributed by atoms with Gasteiger partial charge in [-0.3, -0.25) is 8.42 Å². The second-order valence-electron chi connectivity index (χ2n) is 4.24. The lowest BCUT2D eigenvalue weighted by atomic mass is 10.2. The molecule has 0 amide bonds. The summed E-state index contributed by atoms with van der Waals surface area (Å²) in [6, 6.07) is 8.25. The fourth-order valence-electron chi connectivity index (χ4n) is 2.15. The topological polar surface area (TPSA) is 34.1 Å². The molecule has 2 aliphatic heterocycles. The Labute approximate surface area is 121 Å². The minimum atomic E-state index is -0.729. The summed E-state index contributed by atoms with van der Waals surface area (Å²) >= 11 is 3.55. The highest BCUT2D eigenvalue weighted by Gasteiger charge is 2.27. The first kappa shape index (κ1) is 13.2. The third-order valence-electron chi connectivity index (χ3n) is 3.07. The largest absolute Gasteiger partial charge is 0.258 e. The predicted octanol–water partition coefficient (Wildman–Crippen LogP) is 2.67. The standard InChI is InChI=1S/C12H14O2S4/c13-17-7-5-15-11(17)9-1-2-10(4-3-9)12-16-6-8-18(12)14/h1-4,11-12H,5-8H2. The molecule has 0 saturated carbocycles. The van der Waals surface area contributed by atoms with Gasteiger partial charge in [-0.25, -0.2) is 0 Å². The molecule has 18 heavy (non-hydrogen) atoms. The zero-order valence-corrected chi connectivity index (χ0v) is 13.0. The van der Waals surface area contributed by atoms with E-state index in [1.54, 1.807) is 23.5 Å². The van der Waals surface area contributed by atoms with Gasteiger partial charge < -0.3 is 0 Å². The molecular formula is C12H14O2S4. The van der Waals surface area contributed by atoms with Gasteiger partial charge in [0.15, 0.2) is 0 Å². The molecule has 1 aromatic carbocycles. The highest BCUT2D eigenvalue weighted by Crippen LogP contribution is 2.41. The quantitative estimate of drug-likeness (QED) is 0.839. The highest BCUT2D eigenvalue weighted by atomic mass is 32.2. The van der Waals surface area contributed by atoms with Crippen molar-refractivity contribution < 1.29 is 8.42 Å². The Kier molecular flexibility index (Phi) is 4.18. The van der Waals surface area contributed by atoms with Crippen molar-refractivity contribution in [3.63, 3.8) is 0 Å². The van der Waals surface area contributed by atoms with Crippen molar-refractivity contribution in [2.45, 2.75) is 9.16 Å². The first-order chi connectivity index (χ1) is 8.75. The van der Waals surface area contributed by atoms with Crippen molar-refractivity contribution in [3.05, 3.63) is 35.4 Å². The summed E-state index contributed by atoms with van der Waals surface area (Å²) in [6.07, 6.45) is 0. The Hall–Kier alpha value is 0.220. The van der Waals surface area contributed by atoms with Gasteiger partial charge >= 0.3 is 0 Å². The molecule has 2 nitrogen and oxygen atoms in total. The zero-order chi connectivity index (χ0) is 12.5. The summed E-state index contributed by atoms with van der Waals surface area (Å²) in [7, 11) is -1.46. The Morgan fingerprint density at radius 3 is 1.50 bits per heavy atom. The van der Waals surface area contributed by atoms with Gasteiger partial charge in [-0.05, 0) is 11.1 Å². The summed E-state index contributed by atoms with van der Waals surface area (Å²) < 4.78 is 23.9. The van der Waals surface area contributed by atoms with E-state index in [9.17, 15) is 8.42 Å². The van der Waals surface area contributed by atoms with E-state index in [0.717, 1.165) is 34.1 Å². The highest BCUT2D eigenvalue weighted by molar-refractivity contribution is 8.14. The molecule has 6 heteroatoms. The molecule has 4 atom stereocenters. The van der Waals surface area contributed by atoms with Crippen molar-refractivity contribution in [1.29, 1.82) is 0 Å². The van der Waals surface area contributed by atoms with E-state index in [4.69, 9.17) is 0 Å². The molecule has 98 valence electrons. The molecule has 2 saturated heterocycles. The maximum absolute atomic E-state index is 11.8. The van der Waals surface area contributed by atoms with Crippen LogP contribution < -0.4 is 0 Å². The van der Waals surface area contributed by atoms with Crippen LogP contribution in [0.1, 0.15) is 20.3 Å². The van der Waals surface area contributed by atoms with E-state index in [1.807, 2.05) is 0 Å². The monoisotopic (exact) mass is 318 g/mol. The van der Waals surface area contributed by atoms with Crippen LogP contribution in [0.25, 0.3) is 0 Å². The molecule has 2 heterocycles. The summed E-state index contributed by atoms with van der Waals surface area (Å²) in [4.78, 5) is 0. The molecule has 1 aromatic rings. The Morgan fingerprint density at radius 1 is 0.833 bits per heavy atom. The first-order valence-corrected chi connectivity index (χ1v) is 10.7. The molecule has 0 aliphatic carbocycles. The van der Waals surface area contributed by atoms with E-state index in [0.29, 0.717) is 0 Å². The average molecular weight is 319 g/mol. The first-order valence-electron chi connectivity index (χ1n) is 5.83. The second kappa shape index (κ2) is 5.69. The molecule has 0 radical (unpaired) electrons. The number of rotatable bonds is 2. The fraction of sp³-hybridized carbons (Fsp3) is 0.500. The van der Waals surface area contributed by atoms with Crippen LogP contribution in [0.15, 0.2) is 24.3 Å². The molecular weight excluding hydrogens is 304 g/mol. The molecule has 0 bridgehead atoms. The molecule has 0 N–H and O–H groups in total. The fourth-order valence-corrected chi connectivity index (χ4v) is 9.08. The summed E-state index contributed by atoms with van der Waals surface area (Å²) in [5, 5.41) is 0. The van der Waals surface area contributed by atoms with Gasteiger partial charge in [0.05, 0.1) is 0 Å². The van der Waals surface area contributed by atoms with Crippen LogP contribution in [0.2, 0.25) is 0 Å². The summed E-state index contributed by atoms with van der Waals surface area (Å²) in [5.41, 5.74) is 2.29. The molecule has 4 unspecified atom stereocenters. The number of hydrogen-bond donors (Lipinski definition) is 0. The Balaban J connectivity index is 1.80. The van der Waals surface area contributed by atoms with Gasteiger partial charge in [0.2, 0.25) is 0 Å². The van der Waals surface area contributed by atoms with Crippen molar-refractivity contribution in [1.82, 2.24) is 0 Å². The molecule has 0 aromatic heterocycles. The van der Waals surface area contributed by atoms with Crippen LogP contribution in [0, 0.1) is 0 Å². The third kappa shape index (κ3) is 2.57. The molecule has 3 rings (SSSR count). The lowest BCUT2D eigenvalue weighted by Gasteiger charge is -2.11. The maximum Gasteiger partial charge on any atom is 0.105 e. The number of thioether (sulfide) groups is 2. The minimum Gasteiger partial charge on any atom is -0.258 e. The van der Waals surface area contributed by atoms with E-state index >= 15 is 0 Å². The van der Waals surface area contributed by atoms with Crippen LogP contribution in [0.5, 0.6) is 0 Å². The van der Waals surface area contributed by atoms with Crippen molar-refractivity contribution >= 4 is 45.1 Å².